The number of hydrogen-bond acceptors (Lipinski definition) is 4. The second-order valence-corrected chi connectivity index (χ2v) is 6.53. The molecule has 4 rings (SSSR count). The summed E-state index contributed by atoms with van der Waals surface area (Å²) >= 11 is 0. The number of nitrogens with one attached hydrogen (secondary N) is 2. The van der Waals surface area contributed by atoms with Crippen LogP contribution in [0.1, 0.15) is 28.8 Å². The molecular formula is C19H22N4O. The fourth-order valence-corrected chi connectivity index (χ4v) is 3.52. The Bertz CT molecular complexity index is 799. The predicted octanol–water partition coefficient (Wildman–Crippen LogP) is 2.18. The fourth-order valence-electron chi connectivity index (χ4n) is 3.52. The van der Waals surface area contributed by atoms with E-state index in [1.165, 1.54) is 11.3 Å². The minimum Gasteiger partial charge on any atom is -0.369 e. The topological polar surface area (TPSA) is 61.0 Å². The number of aryl methyl sites for hydroxylation is 2. The monoisotopic (exact) mass is 322 g/mol. The Morgan fingerprint density at radius 1 is 1.17 bits per heavy atom. The molecule has 0 spiro atoms. The number of anilines is 1. The number of hydrogen-bond donors (Lipinski definition) is 2. The molecule has 2 aliphatic rings. The van der Waals surface area contributed by atoms with E-state index in [9.17, 15) is 4.79 Å². The van der Waals surface area contributed by atoms with Gasteiger partial charge in [-0.2, -0.15) is 5.10 Å². The molecule has 1 saturated heterocycles. The highest BCUT2D eigenvalue weighted by Crippen LogP contribution is 2.30. The lowest BCUT2D eigenvalue weighted by Gasteiger charge is -2.30. The van der Waals surface area contributed by atoms with E-state index in [2.05, 4.69) is 38.6 Å². The largest absolute Gasteiger partial charge is 0.369 e. The molecule has 2 N–H and O–H groups in total. The first-order valence-electron chi connectivity index (χ1n) is 8.56. The third-order valence-corrected chi connectivity index (χ3v) is 4.93. The Morgan fingerprint density at radius 3 is 2.75 bits per heavy atom. The first-order chi connectivity index (χ1) is 11.7. The zero-order chi connectivity index (χ0) is 16.5. The molecular weight excluding hydrogens is 300 g/mol. The Morgan fingerprint density at radius 2 is 2.00 bits per heavy atom. The highest BCUT2D eigenvalue weighted by atomic mass is 16.1. The molecule has 1 aliphatic heterocycles. The van der Waals surface area contributed by atoms with Gasteiger partial charge in [-0.15, -0.1) is 0 Å². The molecule has 2 heterocycles. The molecule has 0 unspecified atom stereocenters. The lowest BCUT2D eigenvalue weighted by molar-refractivity contribution is -0.113. The van der Waals surface area contributed by atoms with Crippen LogP contribution in [0.25, 0.3) is 11.6 Å². The molecule has 124 valence electrons. The first kappa shape index (κ1) is 15.1. The Kier molecular flexibility index (Phi) is 3.94. The summed E-state index contributed by atoms with van der Waals surface area (Å²) < 4.78 is 0. The number of carbonyl (C=O) groups is 1. The van der Waals surface area contributed by atoms with Gasteiger partial charge in [0.15, 0.2) is 5.78 Å². The van der Waals surface area contributed by atoms with Crippen LogP contribution in [0.4, 0.5) is 5.69 Å². The molecule has 0 bridgehead atoms. The second kappa shape index (κ2) is 6.24. The molecule has 1 fully saturated rings. The minimum absolute atomic E-state index is 0.183. The van der Waals surface area contributed by atoms with Crippen molar-refractivity contribution in [1.82, 2.24) is 15.5 Å². The number of nitrogens with zero attached hydrogens (tertiary/aromatic N) is 2. The zero-order valence-corrected chi connectivity index (χ0v) is 13.9. The van der Waals surface area contributed by atoms with Gasteiger partial charge in [-0.3, -0.25) is 9.89 Å². The van der Waals surface area contributed by atoms with Gasteiger partial charge in [-0.05, 0) is 48.2 Å². The highest BCUT2D eigenvalue weighted by molar-refractivity contribution is 6.25. The number of fused-ring (bicyclic) bond motifs is 1. The van der Waals surface area contributed by atoms with Crippen molar-refractivity contribution >= 4 is 23.1 Å². The Balaban J connectivity index is 1.71. The van der Waals surface area contributed by atoms with Gasteiger partial charge in [-0.1, -0.05) is 6.07 Å². The van der Waals surface area contributed by atoms with Gasteiger partial charge >= 0.3 is 0 Å². The Labute approximate surface area is 141 Å². The summed E-state index contributed by atoms with van der Waals surface area (Å²) in [5, 5.41) is 10.4. The predicted molar refractivity (Wildman–Crippen MR) is 96.0 cm³/mol. The van der Waals surface area contributed by atoms with Gasteiger partial charge in [0.05, 0.1) is 11.9 Å². The maximum atomic E-state index is 12.6. The Hall–Kier alpha value is -2.40. The summed E-state index contributed by atoms with van der Waals surface area (Å²) in [6.07, 6.45) is 5.12. The summed E-state index contributed by atoms with van der Waals surface area (Å²) in [7, 11) is 0. The van der Waals surface area contributed by atoms with E-state index in [0.717, 1.165) is 55.0 Å². The summed E-state index contributed by atoms with van der Waals surface area (Å²) in [5.41, 5.74) is 6.26. The number of ketones is 1. The van der Waals surface area contributed by atoms with Crippen molar-refractivity contribution in [3.8, 4) is 0 Å². The van der Waals surface area contributed by atoms with Gasteiger partial charge in [0, 0.05) is 43.9 Å². The third kappa shape index (κ3) is 2.76. The summed E-state index contributed by atoms with van der Waals surface area (Å²) in [5.74, 6) is 0.183. The molecule has 0 atom stereocenters. The van der Waals surface area contributed by atoms with Gasteiger partial charge < -0.3 is 10.2 Å². The average molecular weight is 322 g/mol. The fraction of sp³-hybridized carbons (Fsp3) is 0.368. The SMILES string of the molecule is Cc1cn[nH]c1C1=Cc2ccc(N3CCNCC3)cc2CCC1=O. The maximum Gasteiger partial charge on any atom is 0.165 e. The van der Waals surface area contributed by atoms with Crippen LogP contribution in [0, 0.1) is 6.92 Å². The van der Waals surface area contributed by atoms with Crippen molar-refractivity contribution in [2.45, 2.75) is 19.8 Å². The summed E-state index contributed by atoms with van der Waals surface area (Å²) in [4.78, 5) is 15.0. The summed E-state index contributed by atoms with van der Waals surface area (Å²) in [6, 6.07) is 6.58. The number of piperazine rings is 1. The molecule has 5 nitrogen and oxygen atoms in total. The van der Waals surface area contributed by atoms with Crippen molar-refractivity contribution < 1.29 is 4.79 Å². The van der Waals surface area contributed by atoms with Gasteiger partial charge in [0.25, 0.3) is 0 Å². The number of H-pyrrole nitrogens is 1. The molecule has 1 aromatic heterocycles. The lowest BCUT2D eigenvalue weighted by atomic mass is 10.0. The van der Waals surface area contributed by atoms with E-state index in [4.69, 9.17) is 0 Å². The van der Waals surface area contributed by atoms with Crippen molar-refractivity contribution in [1.29, 1.82) is 0 Å². The van der Waals surface area contributed by atoms with Crippen LogP contribution in [0.5, 0.6) is 0 Å². The second-order valence-electron chi connectivity index (χ2n) is 6.53. The lowest BCUT2D eigenvalue weighted by Crippen LogP contribution is -2.43. The van der Waals surface area contributed by atoms with Crippen molar-refractivity contribution in [3.63, 3.8) is 0 Å². The van der Waals surface area contributed by atoms with E-state index in [1.807, 2.05) is 13.0 Å². The molecule has 2 aromatic rings. The molecule has 0 radical (unpaired) electrons. The normalized spacial score (nSPS) is 18.1. The number of aromatic amines is 1. The van der Waals surface area contributed by atoms with Crippen molar-refractivity contribution in [3.05, 3.63) is 46.8 Å². The van der Waals surface area contributed by atoms with Crippen LogP contribution in [0.2, 0.25) is 0 Å². The third-order valence-electron chi connectivity index (χ3n) is 4.93. The number of benzene rings is 1. The van der Waals surface area contributed by atoms with Crippen LogP contribution < -0.4 is 10.2 Å². The smallest absolute Gasteiger partial charge is 0.165 e. The van der Waals surface area contributed by atoms with Crippen LogP contribution in [0.3, 0.4) is 0 Å². The summed E-state index contributed by atoms with van der Waals surface area (Å²) in [6.45, 7) is 6.10. The van der Waals surface area contributed by atoms with E-state index in [-0.39, 0.29) is 5.78 Å². The zero-order valence-electron chi connectivity index (χ0n) is 13.9. The molecule has 1 aromatic carbocycles. The van der Waals surface area contributed by atoms with Crippen LogP contribution in [-0.4, -0.2) is 42.2 Å². The number of allylic oxidation sites excluding steroid dienone is 1. The van der Waals surface area contributed by atoms with E-state index in [1.54, 1.807) is 6.20 Å². The molecule has 5 heteroatoms. The molecule has 1 aliphatic carbocycles. The number of Topliss-reactive ketones (excluding diaryl/α,β-unsaturated/α-hetero) is 1. The minimum atomic E-state index is 0.183. The van der Waals surface area contributed by atoms with Gasteiger partial charge in [0.1, 0.15) is 0 Å². The van der Waals surface area contributed by atoms with Crippen molar-refractivity contribution in [2.24, 2.45) is 0 Å². The first-order valence-corrected chi connectivity index (χ1v) is 8.56. The van der Waals surface area contributed by atoms with Gasteiger partial charge in [-0.25, -0.2) is 0 Å². The number of carbonyl (C=O) groups excluding carboxylic acids is 1. The van der Waals surface area contributed by atoms with E-state index in [0.29, 0.717) is 6.42 Å². The number of rotatable bonds is 2. The molecule has 24 heavy (non-hydrogen) atoms. The number of aromatic nitrogens is 2. The van der Waals surface area contributed by atoms with E-state index >= 15 is 0 Å². The standard InChI is InChI=1S/C19H22N4O/c1-13-12-21-22-19(13)17-11-15-2-4-16(23-8-6-20-7-9-23)10-14(15)3-5-18(17)24/h2,4,10-12,20H,3,5-9H2,1H3,(H,21,22). The van der Waals surface area contributed by atoms with E-state index < -0.39 is 0 Å². The molecule has 0 saturated carbocycles. The maximum absolute atomic E-state index is 12.6. The highest BCUT2D eigenvalue weighted by Gasteiger charge is 2.21. The average Bonchev–Trinajstić information content (AvgIpc) is 2.97. The van der Waals surface area contributed by atoms with Crippen LogP contribution in [0.15, 0.2) is 24.4 Å². The van der Waals surface area contributed by atoms with Crippen molar-refractivity contribution in [2.75, 3.05) is 31.1 Å². The molecule has 0 amide bonds. The quantitative estimate of drug-likeness (QED) is 0.890. The van der Waals surface area contributed by atoms with Crippen LogP contribution >= 0.6 is 0 Å². The van der Waals surface area contributed by atoms with Crippen LogP contribution in [-0.2, 0) is 11.2 Å². The van der Waals surface area contributed by atoms with Gasteiger partial charge in [0.2, 0.25) is 0 Å².